The fourth-order valence-electron chi connectivity index (χ4n) is 1.88. The fraction of sp³-hybridized carbons (Fsp3) is 0.357. The highest BCUT2D eigenvalue weighted by molar-refractivity contribution is 7.09. The second-order valence-corrected chi connectivity index (χ2v) is 5.26. The SMILES string of the molecule is CCCNC(c1csc(C)n1)c1ccccc1F. The monoisotopic (exact) mass is 264 g/mol. The molecule has 4 heteroatoms. The normalized spacial score (nSPS) is 12.6. The van der Waals surface area contributed by atoms with Crippen LogP contribution in [0.25, 0.3) is 0 Å². The molecule has 0 aliphatic rings. The maximum Gasteiger partial charge on any atom is 0.128 e. The third-order valence-corrected chi connectivity index (χ3v) is 3.54. The van der Waals surface area contributed by atoms with E-state index >= 15 is 0 Å². The van der Waals surface area contributed by atoms with Gasteiger partial charge in [-0.15, -0.1) is 11.3 Å². The Morgan fingerprint density at radius 2 is 2.17 bits per heavy atom. The number of thiazole rings is 1. The molecule has 1 unspecified atom stereocenters. The molecule has 0 aliphatic carbocycles. The van der Waals surface area contributed by atoms with E-state index in [-0.39, 0.29) is 11.9 Å². The van der Waals surface area contributed by atoms with Crippen molar-refractivity contribution in [2.75, 3.05) is 6.54 Å². The largest absolute Gasteiger partial charge is 0.305 e. The second-order valence-electron chi connectivity index (χ2n) is 4.20. The predicted molar refractivity (Wildman–Crippen MR) is 73.4 cm³/mol. The number of benzene rings is 1. The molecule has 0 saturated carbocycles. The van der Waals surface area contributed by atoms with Gasteiger partial charge in [0.15, 0.2) is 0 Å². The van der Waals surface area contributed by atoms with Crippen LogP contribution in [0.2, 0.25) is 0 Å². The third kappa shape index (κ3) is 2.94. The predicted octanol–water partition coefficient (Wildman–Crippen LogP) is 3.68. The molecule has 1 N–H and O–H groups in total. The molecule has 1 atom stereocenters. The van der Waals surface area contributed by atoms with Crippen LogP contribution in [0, 0.1) is 12.7 Å². The zero-order valence-electron chi connectivity index (χ0n) is 10.6. The molecule has 2 rings (SSSR count). The Morgan fingerprint density at radius 3 is 2.78 bits per heavy atom. The molecule has 2 nitrogen and oxygen atoms in total. The smallest absolute Gasteiger partial charge is 0.128 e. The van der Waals surface area contributed by atoms with Crippen LogP contribution in [0.15, 0.2) is 29.6 Å². The van der Waals surface area contributed by atoms with Gasteiger partial charge in [0.1, 0.15) is 5.82 Å². The minimum atomic E-state index is -0.184. The number of hydrogen-bond donors (Lipinski definition) is 1. The van der Waals surface area contributed by atoms with Gasteiger partial charge in [0.25, 0.3) is 0 Å². The number of halogens is 1. The van der Waals surface area contributed by atoms with Crippen molar-refractivity contribution in [3.63, 3.8) is 0 Å². The zero-order valence-corrected chi connectivity index (χ0v) is 11.4. The molecule has 18 heavy (non-hydrogen) atoms. The molecule has 96 valence electrons. The van der Waals surface area contributed by atoms with E-state index in [0.29, 0.717) is 5.56 Å². The molecule has 0 amide bonds. The lowest BCUT2D eigenvalue weighted by Gasteiger charge is -2.17. The lowest BCUT2D eigenvalue weighted by atomic mass is 10.0. The van der Waals surface area contributed by atoms with E-state index in [4.69, 9.17) is 0 Å². The average Bonchev–Trinajstić information content (AvgIpc) is 2.78. The Bertz CT molecular complexity index is 510. The van der Waals surface area contributed by atoms with Crippen molar-refractivity contribution in [1.29, 1.82) is 0 Å². The summed E-state index contributed by atoms with van der Waals surface area (Å²) in [6.45, 7) is 4.90. The van der Waals surface area contributed by atoms with Crippen molar-refractivity contribution in [3.05, 3.63) is 51.7 Å². The highest BCUT2D eigenvalue weighted by Crippen LogP contribution is 2.25. The van der Waals surface area contributed by atoms with Gasteiger partial charge in [-0.3, -0.25) is 0 Å². The standard InChI is InChI=1S/C14H17FN2S/c1-3-8-16-14(13-9-18-10(2)17-13)11-6-4-5-7-12(11)15/h4-7,9,14,16H,3,8H2,1-2H3. The summed E-state index contributed by atoms with van der Waals surface area (Å²) in [6, 6.07) is 6.73. The maximum absolute atomic E-state index is 13.9. The van der Waals surface area contributed by atoms with E-state index in [0.717, 1.165) is 23.7 Å². The number of rotatable bonds is 5. The van der Waals surface area contributed by atoms with Crippen molar-refractivity contribution in [3.8, 4) is 0 Å². The van der Waals surface area contributed by atoms with Crippen LogP contribution in [-0.4, -0.2) is 11.5 Å². The van der Waals surface area contributed by atoms with E-state index in [9.17, 15) is 4.39 Å². The molecular formula is C14H17FN2S. The first-order chi connectivity index (χ1) is 8.72. The first kappa shape index (κ1) is 13.2. The van der Waals surface area contributed by atoms with Crippen LogP contribution in [-0.2, 0) is 0 Å². The number of aromatic nitrogens is 1. The van der Waals surface area contributed by atoms with Crippen LogP contribution < -0.4 is 5.32 Å². The molecule has 0 radical (unpaired) electrons. The highest BCUT2D eigenvalue weighted by Gasteiger charge is 2.19. The number of nitrogens with zero attached hydrogens (tertiary/aromatic N) is 1. The van der Waals surface area contributed by atoms with Gasteiger partial charge in [0, 0.05) is 10.9 Å². The van der Waals surface area contributed by atoms with Crippen molar-refractivity contribution in [1.82, 2.24) is 10.3 Å². The lowest BCUT2D eigenvalue weighted by molar-refractivity contribution is 0.540. The molecule has 1 heterocycles. The first-order valence-electron chi connectivity index (χ1n) is 6.12. The van der Waals surface area contributed by atoms with E-state index in [2.05, 4.69) is 17.2 Å². The average molecular weight is 264 g/mol. The Morgan fingerprint density at radius 1 is 1.39 bits per heavy atom. The summed E-state index contributed by atoms with van der Waals surface area (Å²) in [5, 5.41) is 6.36. The molecule has 0 fully saturated rings. The van der Waals surface area contributed by atoms with Crippen LogP contribution in [0.5, 0.6) is 0 Å². The molecule has 0 aliphatic heterocycles. The molecule has 0 saturated heterocycles. The molecule has 1 aromatic heterocycles. The van der Waals surface area contributed by atoms with E-state index in [1.165, 1.54) is 6.07 Å². The summed E-state index contributed by atoms with van der Waals surface area (Å²) < 4.78 is 13.9. The molecule has 1 aromatic carbocycles. The molecule has 0 bridgehead atoms. The van der Waals surface area contributed by atoms with Crippen molar-refractivity contribution in [2.45, 2.75) is 26.3 Å². The highest BCUT2D eigenvalue weighted by atomic mass is 32.1. The van der Waals surface area contributed by atoms with Gasteiger partial charge >= 0.3 is 0 Å². The maximum atomic E-state index is 13.9. The zero-order chi connectivity index (χ0) is 13.0. The summed E-state index contributed by atoms with van der Waals surface area (Å²) in [7, 11) is 0. The van der Waals surface area contributed by atoms with Crippen molar-refractivity contribution >= 4 is 11.3 Å². The van der Waals surface area contributed by atoms with Crippen molar-refractivity contribution in [2.24, 2.45) is 0 Å². The van der Waals surface area contributed by atoms with E-state index in [1.54, 1.807) is 17.4 Å². The van der Waals surface area contributed by atoms with Gasteiger partial charge in [-0.25, -0.2) is 9.37 Å². The lowest BCUT2D eigenvalue weighted by Crippen LogP contribution is -2.24. The number of aryl methyl sites for hydroxylation is 1. The molecular weight excluding hydrogens is 247 g/mol. The minimum Gasteiger partial charge on any atom is -0.305 e. The first-order valence-corrected chi connectivity index (χ1v) is 7.00. The summed E-state index contributed by atoms with van der Waals surface area (Å²) in [5.74, 6) is -0.184. The van der Waals surface area contributed by atoms with Gasteiger partial charge in [-0.05, 0) is 26.0 Å². The van der Waals surface area contributed by atoms with Crippen LogP contribution >= 0.6 is 11.3 Å². The molecule has 0 spiro atoms. The fourth-order valence-corrected chi connectivity index (χ4v) is 2.52. The van der Waals surface area contributed by atoms with E-state index in [1.807, 2.05) is 24.4 Å². The Balaban J connectivity index is 2.33. The Kier molecular flexibility index (Phi) is 4.44. The minimum absolute atomic E-state index is 0.156. The quantitative estimate of drug-likeness (QED) is 0.891. The summed E-state index contributed by atoms with van der Waals surface area (Å²) >= 11 is 1.59. The number of hydrogen-bond acceptors (Lipinski definition) is 3. The van der Waals surface area contributed by atoms with Crippen molar-refractivity contribution < 1.29 is 4.39 Å². The molecule has 2 aromatic rings. The van der Waals surface area contributed by atoms with Gasteiger partial charge < -0.3 is 5.32 Å². The van der Waals surface area contributed by atoms with Gasteiger partial charge in [-0.2, -0.15) is 0 Å². The third-order valence-electron chi connectivity index (χ3n) is 2.75. The van der Waals surface area contributed by atoms with E-state index < -0.39 is 0 Å². The van der Waals surface area contributed by atoms with Crippen LogP contribution in [0.3, 0.4) is 0 Å². The summed E-state index contributed by atoms with van der Waals surface area (Å²) in [6.07, 6.45) is 1.01. The van der Waals surface area contributed by atoms with Crippen LogP contribution in [0.4, 0.5) is 4.39 Å². The summed E-state index contributed by atoms with van der Waals surface area (Å²) in [4.78, 5) is 4.47. The Labute approximate surface area is 111 Å². The summed E-state index contributed by atoms with van der Waals surface area (Å²) in [5.41, 5.74) is 1.56. The van der Waals surface area contributed by atoms with Gasteiger partial charge in [0.2, 0.25) is 0 Å². The number of nitrogens with one attached hydrogen (secondary N) is 1. The second kappa shape index (κ2) is 6.07. The van der Waals surface area contributed by atoms with Gasteiger partial charge in [-0.1, -0.05) is 25.1 Å². The van der Waals surface area contributed by atoms with Crippen LogP contribution in [0.1, 0.15) is 35.7 Å². The van der Waals surface area contributed by atoms with Gasteiger partial charge in [0.05, 0.1) is 16.7 Å². The topological polar surface area (TPSA) is 24.9 Å². The Hall–Kier alpha value is -1.26.